The van der Waals surface area contributed by atoms with E-state index in [0.29, 0.717) is 0 Å². The minimum Gasteiger partial charge on any atom is -0.360 e. The van der Waals surface area contributed by atoms with E-state index in [-0.39, 0.29) is 0 Å². The van der Waals surface area contributed by atoms with Crippen molar-refractivity contribution in [1.82, 2.24) is 15.4 Å². The van der Waals surface area contributed by atoms with Crippen LogP contribution in [-0.2, 0) is 13.1 Å². The van der Waals surface area contributed by atoms with Gasteiger partial charge in [0.05, 0.1) is 12.2 Å². The number of hydrogen-bond acceptors (Lipinski definition) is 4. The molecule has 1 fully saturated rings. The van der Waals surface area contributed by atoms with Gasteiger partial charge in [-0.3, -0.25) is 4.90 Å². The van der Waals surface area contributed by atoms with Gasteiger partial charge in [-0.1, -0.05) is 18.5 Å². The monoisotopic (exact) mass is 251 g/mol. The van der Waals surface area contributed by atoms with Crippen molar-refractivity contribution in [1.29, 1.82) is 0 Å². The van der Waals surface area contributed by atoms with Gasteiger partial charge >= 0.3 is 0 Å². The lowest BCUT2D eigenvalue weighted by Crippen LogP contribution is -2.28. The lowest BCUT2D eigenvalue weighted by atomic mass is 9.85. The molecular weight excluding hydrogens is 226 g/mol. The van der Waals surface area contributed by atoms with Crippen LogP contribution in [0.1, 0.15) is 44.1 Å². The van der Waals surface area contributed by atoms with E-state index >= 15 is 0 Å². The molecule has 0 aliphatic heterocycles. The summed E-state index contributed by atoms with van der Waals surface area (Å²) in [6, 6.07) is 2.07. The predicted molar refractivity (Wildman–Crippen MR) is 72.2 cm³/mol. The van der Waals surface area contributed by atoms with Crippen LogP contribution in [0.5, 0.6) is 0 Å². The molecule has 2 rings (SSSR count). The average Bonchev–Trinajstić information content (AvgIpc) is 2.72. The van der Waals surface area contributed by atoms with Crippen LogP contribution in [-0.4, -0.2) is 30.2 Å². The second-order valence-corrected chi connectivity index (χ2v) is 5.46. The van der Waals surface area contributed by atoms with Crippen molar-refractivity contribution in [3.05, 3.63) is 17.5 Å². The number of aromatic nitrogens is 1. The quantitative estimate of drug-likeness (QED) is 0.720. The minimum atomic E-state index is 0.809. The number of nitrogens with zero attached hydrogens (tertiary/aromatic N) is 2. The average molecular weight is 251 g/mol. The molecule has 4 heteroatoms. The fourth-order valence-electron chi connectivity index (χ4n) is 2.35. The van der Waals surface area contributed by atoms with Gasteiger partial charge in [0.25, 0.3) is 0 Å². The topological polar surface area (TPSA) is 41.3 Å². The summed E-state index contributed by atoms with van der Waals surface area (Å²) >= 11 is 0. The lowest BCUT2D eigenvalue weighted by Gasteiger charge is -2.29. The van der Waals surface area contributed by atoms with Gasteiger partial charge in [-0.2, -0.15) is 0 Å². The third-order valence-corrected chi connectivity index (χ3v) is 3.56. The van der Waals surface area contributed by atoms with E-state index in [1.807, 2.05) is 0 Å². The van der Waals surface area contributed by atoms with Crippen molar-refractivity contribution in [2.45, 2.75) is 45.7 Å². The molecule has 1 aromatic rings. The highest BCUT2D eigenvalue weighted by Crippen LogP contribution is 2.27. The molecule has 0 bridgehead atoms. The maximum Gasteiger partial charge on any atom is 0.151 e. The highest BCUT2D eigenvalue weighted by atomic mass is 16.5. The Kier molecular flexibility index (Phi) is 5.20. The van der Waals surface area contributed by atoms with Crippen molar-refractivity contribution >= 4 is 0 Å². The molecule has 102 valence electrons. The van der Waals surface area contributed by atoms with E-state index in [1.165, 1.54) is 25.8 Å². The van der Waals surface area contributed by atoms with E-state index in [0.717, 1.165) is 43.4 Å². The molecule has 0 spiro atoms. The van der Waals surface area contributed by atoms with Gasteiger partial charge in [0.15, 0.2) is 5.76 Å². The largest absolute Gasteiger partial charge is 0.360 e. The normalized spacial score (nSPS) is 16.2. The van der Waals surface area contributed by atoms with Crippen LogP contribution < -0.4 is 5.32 Å². The van der Waals surface area contributed by atoms with Crippen molar-refractivity contribution in [2.24, 2.45) is 5.92 Å². The Bertz CT molecular complexity index is 347. The molecule has 0 amide bonds. The molecule has 1 aliphatic carbocycles. The molecule has 0 atom stereocenters. The zero-order valence-corrected chi connectivity index (χ0v) is 11.6. The summed E-state index contributed by atoms with van der Waals surface area (Å²) in [4.78, 5) is 2.34. The van der Waals surface area contributed by atoms with Crippen LogP contribution in [0.3, 0.4) is 0 Å². The van der Waals surface area contributed by atoms with E-state index in [2.05, 4.69) is 35.4 Å². The van der Waals surface area contributed by atoms with Gasteiger partial charge in [-0.15, -0.1) is 0 Å². The smallest absolute Gasteiger partial charge is 0.151 e. The van der Waals surface area contributed by atoms with Gasteiger partial charge < -0.3 is 9.84 Å². The SMILES string of the molecule is CCCNCc1cc(CN(C)CC2CCC2)on1. The molecule has 0 unspecified atom stereocenters. The highest BCUT2D eigenvalue weighted by Gasteiger charge is 2.19. The molecule has 0 aromatic carbocycles. The summed E-state index contributed by atoms with van der Waals surface area (Å²) in [5, 5.41) is 7.42. The van der Waals surface area contributed by atoms with Crippen molar-refractivity contribution < 1.29 is 4.52 Å². The summed E-state index contributed by atoms with van der Waals surface area (Å²) in [6.45, 7) is 6.06. The van der Waals surface area contributed by atoms with Gasteiger partial charge in [-0.05, 0) is 38.8 Å². The molecule has 1 N–H and O–H groups in total. The molecular formula is C14H25N3O. The molecule has 1 heterocycles. The first-order valence-electron chi connectivity index (χ1n) is 7.11. The first-order chi connectivity index (χ1) is 8.78. The fourth-order valence-corrected chi connectivity index (χ4v) is 2.35. The third-order valence-electron chi connectivity index (χ3n) is 3.56. The Morgan fingerprint density at radius 2 is 2.33 bits per heavy atom. The summed E-state index contributed by atoms with van der Waals surface area (Å²) in [6.07, 6.45) is 5.35. The molecule has 4 nitrogen and oxygen atoms in total. The van der Waals surface area contributed by atoms with Crippen LogP contribution in [0.4, 0.5) is 0 Å². The summed E-state index contributed by atoms with van der Waals surface area (Å²) in [5.74, 6) is 1.88. The summed E-state index contributed by atoms with van der Waals surface area (Å²) < 4.78 is 5.37. The minimum absolute atomic E-state index is 0.809. The first kappa shape index (κ1) is 13.6. The van der Waals surface area contributed by atoms with Crippen LogP contribution in [0.2, 0.25) is 0 Å². The Balaban J connectivity index is 1.71. The summed E-state index contributed by atoms with van der Waals surface area (Å²) in [5.41, 5.74) is 1.01. The van der Waals surface area contributed by atoms with Gasteiger partial charge in [0.1, 0.15) is 0 Å². The molecule has 1 aromatic heterocycles. The third kappa shape index (κ3) is 4.10. The fraction of sp³-hybridized carbons (Fsp3) is 0.786. The second kappa shape index (κ2) is 6.90. The van der Waals surface area contributed by atoms with Crippen LogP contribution in [0.25, 0.3) is 0 Å². The molecule has 18 heavy (non-hydrogen) atoms. The van der Waals surface area contributed by atoms with E-state index < -0.39 is 0 Å². The van der Waals surface area contributed by atoms with Gasteiger partial charge in [0, 0.05) is 19.2 Å². The molecule has 1 aliphatic rings. The molecule has 0 radical (unpaired) electrons. The van der Waals surface area contributed by atoms with Gasteiger partial charge in [-0.25, -0.2) is 0 Å². The van der Waals surface area contributed by atoms with E-state index in [9.17, 15) is 0 Å². The highest BCUT2D eigenvalue weighted by molar-refractivity contribution is 5.05. The second-order valence-electron chi connectivity index (χ2n) is 5.46. The number of rotatable bonds is 8. The predicted octanol–water partition coefficient (Wildman–Crippen LogP) is 2.41. The Morgan fingerprint density at radius 3 is 3.00 bits per heavy atom. The van der Waals surface area contributed by atoms with Crippen molar-refractivity contribution in [2.75, 3.05) is 20.1 Å². The zero-order valence-electron chi connectivity index (χ0n) is 11.6. The van der Waals surface area contributed by atoms with E-state index in [1.54, 1.807) is 0 Å². The number of hydrogen-bond donors (Lipinski definition) is 1. The van der Waals surface area contributed by atoms with E-state index in [4.69, 9.17) is 4.52 Å². The Labute approximate surface area is 110 Å². The first-order valence-corrected chi connectivity index (χ1v) is 7.11. The summed E-state index contributed by atoms with van der Waals surface area (Å²) in [7, 11) is 2.16. The molecule has 0 saturated heterocycles. The van der Waals surface area contributed by atoms with Crippen LogP contribution in [0, 0.1) is 5.92 Å². The lowest BCUT2D eigenvalue weighted by molar-refractivity contribution is 0.186. The van der Waals surface area contributed by atoms with Crippen molar-refractivity contribution in [3.8, 4) is 0 Å². The number of nitrogens with one attached hydrogen (secondary N) is 1. The van der Waals surface area contributed by atoms with Crippen molar-refractivity contribution in [3.63, 3.8) is 0 Å². The maximum atomic E-state index is 5.37. The molecule has 1 saturated carbocycles. The van der Waals surface area contributed by atoms with Gasteiger partial charge in [0.2, 0.25) is 0 Å². The zero-order chi connectivity index (χ0) is 12.8. The Morgan fingerprint density at radius 1 is 1.50 bits per heavy atom. The standard InChI is InChI=1S/C14H25N3O/c1-3-7-15-9-13-8-14(18-16-13)11-17(2)10-12-5-4-6-12/h8,12,15H,3-7,9-11H2,1-2H3. The van der Waals surface area contributed by atoms with Crippen LogP contribution >= 0.6 is 0 Å². The Hall–Kier alpha value is -0.870. The van der Waals surface area contributed by atoms with Crippen LogP contribution in [0.15, 0.2) is 10.6 Å². The maximum absolute atomic E-state index is 5.37.